The van der Waals surface area contributed by atoms with Crippen molar-refractivity contribution in [2.24, 2.45) is 11.0 Å². The second-order valence-corrected chi connectivity index (χ2v) is 4.73. The molecule has 6 nitrogen and oxygen atoms in total. The third-order valence-electron chi connectivity index (χ3n) is 3.19. The van der Waals surface area contributed by atoms with Crippen LogP contribution in [0.15, 0.2) is 29.4 Å². The molecule has 2 aromatic heterocycles. The van der Waals surface area contributed by atoms with Gasteiger partial charge < -0.3 is 4.98 Å². The molecule has 4 rings (SSSR count). The van der Waals surface area contributed by atoms with E-state index in [9.17, 15) is 0 Å². The maximum atomic E-state index is 4.38. The molecule has 0 spiro atoms. The fourth-order valence-electron chi connectivity index (χ4n) is 2.01. The van der Waals surface area contributed by atoms with E-state index in [4.69, 9.17) is 0 Å². The molecule has 2 N–H and O–H groups in total. The highest BCUT2D eigenvalue weighted by atomic mass is 15.4. The zero-order valence-electron chi connectivity index (χ0n) is 10.2. The minimum Gasteiger partial charge on any atom is -0.338 e. The molecule has 2 heterocycles. The Morgan fingerprint density at radius 2 is 2.16 bits per heavy atom. The highest BCUT2D eigenvalue weighted by Gasteiger charge is 2.18. The quantitative estimate of drug-likeness (QED) is 0.554. The number of H-pyrrole nitrogens is 1. The molecule has 1 aromatic carbocycles. The van der Waals surface area contributed by atoms with Gasteiger partial charge in [-0.25, -0.2) is 5.43 Å². The van der Waals surface area contributed by atoms with E-state index in [1.165, 1.54) is 12.8 Å². The van der Waals surface area contributed by atoms with Crippen LogP contribution in [0.25, 0.3) is 22.1 Å². The van der Waals surface area contributed by atoms with Crippen molar-refractivity contribution in [3.05, 3.63) is 24.3 Å². The molecular formula is C13H12N6. The zero-order valence-corrected chi connectivity index (χ0v) is 10.2. The van der Waals surface area contributed by atoms with E-state index in [0.29, 0.717) is 11.9 Å². The number of anilines is 1. The first-order valence-electron chi connectivity index (χ1n) is 6.30. The van der Waals surface area contributed by atoms with Crippen molar-refractivity contribution in [2.75, 3.05) is 5.43 Å². The van der Waals surface area contributed by atoms with Crippen molar-refractivity contribution in [3.8, 4) is 0 Å². The lowest BCUT2D eigenvalue weighted by Gasteiger charge is -1.96. The van der Waals surface area contributed by atoms with Crippen LogP contribution in [0.4, 0.5) is 5.95 Å². The van der Waals surface area contributed by atoms with Crippen LogP contribution in [0, 0.1) is 5.92 Å². The maximum Gasteiger partial charge on any atom is 0.265 e. The first-order valence-corrected chi connectivity index (χ1v) is 6.30. The number of para-hydroxylation sites is 1. The maximum absolute atomic E-state index is 4.38. The molecule has 0 atom stereocenters. The summed E-state index contributed by atoms with van der Waals surface area (Å²) in [6.45, 7) is 0. The summed E-state index contributed by atoms with van der Waals surface area (Å²) < 4.78 is 0. The number of hydrogen-bond acceptors (Lipinski definition) is 5. The molecule has 1 saturated carbocycles. The number of nitrogens with zero attached hydrogens (tertiary/aromatic N) is 4. The minimum atomic E-state index is 0.413. The van der Waals surface area contributed by atoms with Crippen LogP contribution in [-0.2, 0) is 0 Å². The van der Waals surface area contributed by atoms with Gasteiger partial charge in [-0.2, -0.15) is 10.1 Å². The third-order valence-corrected chi connectivity index (χ3v) is 3.19. The van der Waals surface area contributed by atoms with Crippen LogP contribution in [0.3, 0.4) is 0 Å². The van der Waals surface area contributed by atoms with Gasteiger partial charge >= 0.3 is 0 Å². The van der Waals surface area contributed by atoms with Crippen molar-refractivity contribution in [1.82, 2.24) is 20.2 Å². The Hall–Kier alpha value is -2.50. The van der Waals surface area contributed by atoms with Gasteiger partial charge in [0, 0.05) is 17.1 Å². The molecule has 0 amide bonds. The first kappa shape index (κ1) is 10.4. The molecule has 19 heavy (non-hydrogen) atoms. The fourth-order valence-corrected chi connectivity index (χ4v) is 2.01. The zero-order chi connectivity index (χ0) is 12.7. The predicted molar refractivity (Wildman–Crippen MR) is 74.0 cm³/mol. The van der Waals surface area contributed by atoms with Gasteiger partial charge in [-0.3, -0.25) is 0 Å². The van der Waals surface area contributed by atoms with Gasteiger partial charge in [-0.1, -0.05) is 18.2 Å². The van der Waals surface area contributed by atoms with E-state index in [-0.39, 0.29) is 0 Å². The number of benzene rings is 1. The molecule has 0 aliphatic heterocycles. The Bertz CT molecular complexity index is 771. The minimum absolute atomic E-state index is 0.413. The molecule has 0 radical (unpaired) electrons. The largest absolute Gasteiger partial charge is 0.338 e. The van der Waals surface area contributed by atoms with Crippen molar-refractivity contribution in [1.29, 1.82) is 0 Å². The van der Waals surface area contributed by atoms with Crippen LogP contribution < -0.4 is 5.43 Å². The van der Waals surface area contributed by atoms with E-state index < -0.39 is 0 Å². The number of nitrogens with one attached hydrogen (secondary N) is 2. The number of fused-ring (bicyclic) bond motifs is 3. The summed E-state index contributed by atoms with van der Waals surface area (Å²) in [5, 5.41) is 13.4. The fraction of sp³-hybridized carbons (Fsp3) is 0.231. The molecule has 0 bridgehead atoms. The second-order valence-electron chi connectivity index (χ2n) is 4.73. The SMILES string of the molecule is C(=NNc1nnc2c(n1)[nH]c1ccccc12)C1CC1. The highest BCUT2D eigenvalue weighted by Crippen LogP contribution is 2.26. The summed E-state index contributed by atoms with van der Waals surface area (Å²) in [5.74, 6) is 1.04. The summed E-state index contributed by atoms with van der Waals surface area (Å²) in [5.41, 5.74) is 5.34. The molecule has 1 aliphatic rings. The molecule has 6 heteroatoms. The van der Waals surface area contributed by atoms with Crippen LogP contribution >= 0.6 is 0 Å². The molecule has 0 saturated heterocycles. The van der Waals surface area contributed by atoms with E-state index in [1.807, 2.05) is 30.5 Å². The number of hydrogen-bond donors (Lipinski definition) is 2. The van der Waals surface area contributed by atoms with E-state index >= 15 is 0 Å². The number of rotatable bonds is 3. The summed E-state index contributed by atoms with van der Waals surface area (Å²) in [6, 6.07) is 7.95. The second kappa shape index (κ2) is 4.01. The van der Waals surface area contributed by atoms with Gasteiger partial charge in [0.2, 0.25) is 0 Å². The van der Waals surface area contributed by atoms with Gasteiger partial charge in [0.25, 0.3) is 5.95 Å². The lowest BCUT2D eigenvalue weighted by Crippen LogP contribution is -1.98. The standard InChI is InChI=1S/C13H12N6/c1-2-4-10-9(3-1)11-12(15-10)16-13(19-17-11)18-14-7-8-5-6-8/h1-4,7-8H,5-6H2,(H2,15,16,18,19). The highest BCUT2D eigenvalue weighted by molar-refractivity contribution is 6.03. The van der Waals surface area contributed by atoms with Crippen molar-refractivity contribution in [3.63, 3.8) is 0 Å². The van der Waals surface area contributed by atoms with E-state index in [1.54, 1.807) is 0 Å². The predicted octanol–water partition coefficient (Wildman–Crippen LogP) is 2.31. The van der Waals surface area contributed by atoms with Gasteiger partial charge in [0.05, 0.1) is 0 Å². The molecule has 0 unspecified atom stereocenters. The molecule has 1 fully saturated rings. The summed E-state index contributed by atoms with van der Waals surface area (Å²) in [6.07, 6.45) is 4.36. The average molecular weight is 252 g/mol. The van der Waals surface area contributed by atoms with Crippen LogP contribution in [0.1, 0.15) is 12.8 Å². The summed E-state index contributed by atoms with van der Waals surface area (Å²) >= 11 is 0. The number of aromatic nitrogens is 4. The first-order chi connectivity index (χ1) is 9.40. The van der Waals surface area contributed by atoms with Crippen molar-refractivity contribution >= 4 is 34.2 Å². The Kier molecular flexibility index (Phi) is 2.20. The summed E-state index contributed by atoms with van der Waals surface area (Å²) in [7, 11) is 0. The van der Waals surface area contributed by atoms with Crippen molar-refractivity contribution < 1.29 is 0 Å². The molecule has 1 aliphatic carbocycles. The van der Waals surface area contributed by atoms with Crippen LogP contribution in [-0.4, -0.2) is 26.4 Å². The van der Waals surface area contributed by atoms with Gasteiger partial charge in [0.1, 0.15) is 5.52 Å². The third kappa shape index (κ3) is 1.91. The number of hydrazone groups is 1. The Morgan fingerprint density at radius 1 is 1.26 bits per heavy atom. The van der Waals surface area contributed by atoms with Crippen LogP contribution in [0.5, 0.6) is 0 Å². The Balaban J connectivity index is 1.71. The Morgan fingerprint density at radius 3 is 3.05 bits per heavy atom. The van der Waals surface area contributed by atoms with E-state index in [2.05, 4.69) is 30.7 Å². The van der Waals surface area contributed by atoms with Gasteiger partial charge in [0.15, 0.2) is 5.65 Å². The lowest BCUT2D eigenvalue weighted by atomic mass is 10.2. The van der Waals surface area contributed by atoms with Gasteiger partial charge in [-0.05, 0) is 24.8 Å². The van der Waals surface area contributed by atoms with E-state index in [0.717, 1.165) is 22.1 Å². The van der Waals surface area contributed by atoms with Crippen LogP contribution in [0.2, 0.25) is 0 Å². The monoisotopic (exact) mass is 252 g/mol. The number of aromatic amines is 1. The van der Waals surface area contributed by atoms with Gasteiger partial charge in [-0.15, -0.1) is 10.2 Å². The molecule has 3 aromatic rings. The Labute approximate surface area is 109 Å². The smallest absolute Gasteiger partial charge is 0.265 e. The topological polar surface area (TPSA) is 78.8 Å². The molecular weight excluding hydrogens is 240 g/mol. The van der Waals surface area contributed by atoms with Crippen molar-refractivity contribution in [2.45, 2.75) is 12.8 Å². The lowest BCUT2D eigenvalue weighted by molar-refractivity contribution is 1.01. The molecule has 94 valence electrons. The summed E-state index contributed by atoms with van der Waals surface area (Å²) in [4.78, 5) is 7.60. The average Bonchev–Trinajstić information content (AvgIpc) is 3.18. The normalized spacial score (nSPS) is 15.6.